The Morgan fingerprint density at radius 2 is 2.31 bits per heavy atom. The zero-order valence-corrected chi connectivity index (χ0v) is 9.05. The Morgan fingerprint density at radius 1 is 1.54 bits per heavy atom. The first kappa shape index (κ1) is 9.16. The lowest BCUT2D eigenvalue weighted by molar-refractivity contribution is 0.607. The molecule has 2 nitrogen and oxygen atoms in total. The Morgan fingerprint density at radius 3 is 2.92 bits per heavy atom. The van der Waals surface area contributed by atoms with Crippen molar-refractivity contribution in [2.75, 3.05) is 0 Å². The van der Waals surface area contributed by atoms with Crippen molar-refractivity contribution in [2.45, 2.75) is 31.2 Å². The van der Waals surface area contributed by atoms with Crippen LogP contribution in [0, 0.1) is 0 Å². The number of aromatic nitrogens is 1. The van der Waals surface area contributed by atoms with E-state index in [1.54, 1.807) is 6.20 Å². The predicted octanol–water partition coefficient (Wildman–Crippen LogP) is 2.27. The van der Waals surface area contributed by atoms with Crippen LogP contribution in [-0.2, 0) is 6.42 Å². The topological polar surface area (TPSA) is 38.9 Å². The van der Waals surface area contributed by atoms with Crippen LogP contribution < -0.4 is 5.73 Å². The second kappa shape index (κ2) is 3.39. The first-order chi connectivity index (χ1) is 6.20. The fourth-order valence-corrected chi connectivity index (χ4v) is 1.85. The molecule has 1 aliphatic rings. The summed E-state index contributed by atoms with van der Waals surface area (Å²) in [6.45, 7) is 0. The number of aryl methyl sites for hydroxylation is 1. The number of halogens is 1. The highest BCUT2D eigenvalue weighted by atomic mass is 79.9. The van der Waals surface area contributed by atoms with Gasteiger partial charge in [0.15, 0.2) is 0 Å². The molecule has 70 valence electrons. The molecule has 2 N–H and O–H groups in total. The van der Waals surface area contributed by atoms with Crippen LogP contribution in [0.5, 0.6) is 0 Å². The van der Waals surface area contributed by atoms with Gasteiger partial charge in [0, 0.05) is 11.7 Å². The van der Waals surface area contributed by atoms with Gasteiger partial charge in [0.25, 0.3) is 0 Å². The van der Waals surface area contributed by atoms with Gasteiger partial charge in [0.2, 0.25) is 0 Å². The minimum Gasteiger partial charge on any atom is -0.325 e. The van der Waals surface area contributed by atoms with Gasteiger partial charge < -0.3 is 5.73 Å². The van der Waals surface area contributed by atoms with Gasteiger partial charge in [-0.3, -0.25) is 0 Å². The molecule has 0 amide bonds. The van der Waals surface area contributed by atoms with Crippen LogP contribution in [0.3, 0.4) is 0 Å². The number of nitrogens with zero attached hydrogens (tertiary/aromatic N) is 1. The van der Waals surface area contributed by atoms with E-state index >= 15 is 0 Å². The average molecular weight is 241 g/mol. The van der Waals surface area contributed by atoms with Crippen molar-refractivity contribution in [3.63, 3.8) is 0 Å². The molecule has 0 aliphatic heterocycles. The maximum atomic E-state index is 6.01. The van der Waals surface area contributed by atoms with Gasteiger partial charge >= 0.3 is 0 Å². The van der Waals surface area contributed by atoms with E-state index < -0.39 is 0 Å². The number of hydrogen-bond acceptors (Lipinski definition) is 2. The third-order valence-electron chi connectivity index (χ3n) is 2.62. The molecule has 1 heterocycles. The fraction of sp³-hybridized carbons (Fsp3) is 0.500. The van der Waals surface area contributed by atoms with Crippen molar-refractivity contribution in [3.05, 3.63) is 28.5 Å². The molecular weight excluding hydrogens is 228 g/mol. The third kappa shape index (κ3) is 2.29. The van der Waals surface area contributed by atoms with Crippen LogP contribution in [0.2, 0.25) is 0 Å². The van der Waals surface area contributed by atoms with Crippen molar-refractivity contribution in [1.82, 2.24) is 4.98 Å². The Labute approximate surface area is 86.7 Å². The SMILES string of the molecule is NC1(CCc2cccnc2Br)CC1. The lowest BCUT2D eigenvalue weighted by Crippen LogP contribution is -2.22. The summed E-state index contributed by atoms with van der Waals surface area (Å²) in [5.74, 6) is 0. The molecule has 1 fully saturated rings. The van der Waals surface area contributed by atoms with E-state index in [1.807, 2.05) is 6.07 Å². The zero-order chi connectivity index (χ0) is 9.31. The highest BCUT2D eigenvalue weighted by Crippen LogP contribution is 2.36. The lowest BCUT2D eigenvalue weighted by atomic mass is 10.1. The number of nitrogens with two attached hydrogens (primary N) is 1. The predicted molar refractivity (Wildman–Crippen MR) is 56.4 cm³/mol. The Bertz CT molecular complexity index is 308. The molecule has 0 saturated heterocycles. The average Bonchev–Trinajstić information content (AvgIpc) is 2.83. The van der Waals surface area contributed by atoms with E-state index in [1.165, 1.54) is 18.4 Å². The maximum Gasteiger partial charge on any atom is 0.109 e. The molecule has 2 rings (SSSR count). The largest absolute Gasteiger partial charge is 0.325 e. The first-order valence-electron chi connectivity index (χ1n) is 4.58. The summed E-state index contributed by atoms with van der Waals surface area (Å²) in [7, 11) is 0. The third-order valence-corrected chi connectivity index (χ3v) is 3.33. The number of hydrogen-bond donors (Lipinski definition) is 1. The summed E-state index contributed by atoms with van der Waals surface area (Å²) in [5.41, 5.74) is 7.42. The number of pyridine rings is 1. The summed E-state index contributed by atoms with van der Waals surface area (Å²) < 4.78 is 0.958. The van der Waals surface area contributed by atoms with Crippen molar-refractivity contribution < 1.29 is 0 Å². The standard InChI is InChI=1S/C10H13BrN2/c11-9-8(2-1-7-13-9)3-4-10(12)5-6-10/h1-2,7H,3-6,12H2. The van der Waals surface area contributed by atoms with E-state index in [0.717, 1.165) is 17.4 Å². The van der Waals surface area contributed by atoms with Gasteiger partial charge in [0.05, 0.1) is 0 Å². The second-order valence-electron chi connectivity index (χ2n) is 3.82. The van der Waals surface area contributed by atoms with Gasteiger partial charge in [-0.1, -0.05) is 6.07 Å². The molecule has 0 radical (unpaired) electrons. The van der Waals surface area contributed by atoms with Gasteiger partial charge in [0.1, 0.15) is 4.60 Å². The van der Waals surface area contributed by atoms with Crippen LogP contribution in [0.25, 0.3) is 0 Å². The van der Waals surface area contributed by atoms with Gasteiger partial charge in [-0.2, -0.15) is 0 Å². The lowest BCUT2D eigenvalue weighted by Gasteiger charge is -2.08. The summed E-state index contributed by atoms with van der Waals surface area (Å²) >= 11 is 3.43. The van der Waals surface area contributed by atoms with E-state index in [9.17, 15) is 0 Å². The maximum absolute atomic E-state index is 6.01. The molecule has 0 atom stereocenters. The fourth-order valence-electron chi connectivity index (χ4n) is 1.40. The van der Waals surface area contributed by atoms with E-state index in [-0.39, 0.29) is 5.54 Å². The summed E-state index contributed by atoms with van der Waals surface area (Å²) in [6.07, 6.45) is 6.28. The minimum atomic E-state index is 0.148. The molecule has 1 aliphatic carbocycles. The Kier molecular flexibility index (Phi) is 2.39. The molecule has 1 saturated carbocycles. The quantitative estimate of drug-likeness (QED) is 0.824. The molecule has 0 spiro atoms. The summed E-state index contributed by atoms with van der Waals surface area (Å²) in [5, 5.41) is 0. The summed E-state index contributed by atoms with van der Waals surface area (Å²) in [6, 6.07) is 4.07. The highest BCUT2D eigenvalue weighted by Gasteiger charge is 2.37. The van der Waals surface area contributed by atoms with Crippen molar-refractivity contribution >= 4 is 15.9 Å². The molecule has 3 heteroatoms. The monoisotopic (exact) mass is 240 g/mol. The van der Waals surface area contributed by atoms with E-state index in [0.29, 0.717) is 0 Å². The zero-order valence-electron chi connectivity index (χ0n) is 7.46. The van der Waals surface area contributed by atoms with Crippen LogP contribution in [0.15, 0.2) is 22.9 Å². The normalized spacial score (nSPS) is 18.6. The second-order valence-corrected chi connectivity index (χ2v) is 4.57. The highest BCUT2D eigenvalue weighted by molar-refractivity contribution is 9.10. The first-order valence-corrected chi connectivity index (χ1v) is 5.37. The van der Waals surface area contributed by atoms with Crippen molar-refractivity contribution in [1.29, 1.82) is 0 Å². The van der Waals surface area contributed by atoms with Gasteiger partial charge in [-0.25, -0.2) is 4.98 Å². The molecule has 0 unspecified atom stereocenters. The van der Waals surface area contributed by atoms with Crippen LogP contribution in [0.1, 0.15) is 24.8 Å². The van der Waals surface area contributed by atoms with E-state index in [4.69, 9.17) is 5.73 Å². The van der Waals surface area contributed by atoms with Crippen LogP contribution in [-0.4, -0.2) is 10.5 Å². The van der Waals surface area contributed by atoms with Gasteiger partial charge in [-0.15, -0.1) is 0 Å². The van der Waals surface area contributed by atoms with Gasteiger partial charge in [-0.05, 0) is 53.2 Å². The summed E-state index contributed by atoms with van der Waals surface area (Å²) in [4.78, 5) is 4.18. The van der Waals surface area contributed by atoms with Crippen molar-refractivity contribution in [3.8, 4) is 0 Å². The van der Waals surface area contributed by atoms with Crippen LogP contribution in [0.4, 0.5) is 0 Å². The molecule has 1 aromatic heterocycles. The number of rotatable bonds is 3. The molecule has 1 aromatic rings. The molecule has 0 bridgehead atoms. The Balaban J connectivity index is 1.97. The van der Waals surface area contributed by atoms with Crippen molar-refractivity contribution in [2.24, 2.45) is 5.73 Å². The smallest absolute Gasteiger partial charge is 0.109 e. The molecule has 0 aromatic carbocycles. The minimum absolute atomic E-state index is 0.148. The molecule has 13 heavy (non-hydrogen) atoms. The Hall–Kier alpha value is -0.410. The van der Waals surface area contributed by atoms with E-state index in [2.05, 4.69) is 27.0 Å². The van der Waals surface area contributed by atoms with Crippen LogP contribution >= 0.6 is 15.9 Å². The molecular formula is C10H13BrN2.